The average Bonchev–Trinajstić information content (AvgIpc) is 2.77. The predicted molar refractivity (Wildman–Crippen MR) is 108 cm³/mol. The maximum absolute atomic E-state index is 13.2. The SMILES string of the molecule is NC(=O)c1ccc([C@@H](Oc2ccc3c(c2)OCCC3=O)c2ccnc(C(F)(F)F)c2)cc1. The topological polar surface area (TPSA) is 91.5 Å². The van der Waals surface area contributed by atoms with E-state index in [4.69, 9.17) is 15.2 Å². The van der Waals surface area contributed by atoms with Crippen LogP contribution in [0.25, 0.3) is 0 Å². The van der Waals surface area contributed by atoms with Gasteiger partial charge < -0.3 is 15.2 Å². The molecule has 0 radical (unpaired) electrons. The van der Waals surface area contributed by atoms with Crippen molar-refractivity contribution < 1.29 is 32.2 Å². The third-order valence-electron chi connectivity index (χ3n) is 4.97. The van der Waals surface area contributed by atoms with E-state index >= 15 is 0 Å². The smallest absolute Gasteiger partial charge is 0.433 e. The number of nitrogens with two attached hydrogens (primary N) is 1. The Morgan fingerprint density at radius 2 is 1.81 bits per heavy atom. The van der Waals surface area contributed by atoms with Gasteiger partial charge in [-0.15, -0.1) is 0 Å². The van der Waals surface area contributed by atoms with Crippen LogP contribution in [0.4, 0.5) is 13.2 Å². The van der Waals surface area contributed by atoms with E-state index in [1.54, 1.807) is 24.3 Å². The Hall–Kier alpha value is -3.88. The number of pyridine rings is 1. The van der Waals surface area contributed by atoms with Gasteiger partial charge in [0, 0.05) is 29.8 Å². The first-order valence-corrected chi connectivity index (χ1v) is 9.62. The zero-order valence-electron chi connectivity index (χ0n) is 16.6. The molecule has 0 bridgehead atoms. The Morgan fingerprint density at radius 1 is 1.06 bits per heavy atom. The van der Waals surface area contributed by atoms with Crippen LogP contribution in [0.15, 0.2) is 60.8 Å². The number of Topliss-reactive ketones (excluding diaryl/α,β-unsaturated/α-hetero) is 1. The summed E-state index contributed by atoms with van der Waals surface area (Å²) in [6, 6.07) is 13.0. The van der Waals surface area contributed by atoms with Crippen LogP contribution in [-0.2, 0) is 6.18 Å². The first-order chi connectivity index (χ1) is 15.2. The summed E-state index contributed by atoms with van der Waals surface area (Å²) in [7, 11) is 0. The molecule has 1 amide bonds. The van der Waals surface area contributed by atoms with Crippen LogP contribution in [0.1, 0.15) is 50.1 Å². The molecule has 2 aromatic carbocycles. The molecule has 0 aliphatic carbocycles. The summed E-state index contributed by atoms with van der Waals surface area (Å²) >= 11 is 0. The van der Waals surface area contributed by atoms with Crippen molar-refractivity contribution in [3.05, 3.63) is 88.7 Å². The van der Waals surface area contributed by atoms with Gasteiger partial charge >= 0.3 is 6.18 Å². The summed E-state index contributed by atoms with van der Waals surface area (Å²) in [6.07, 6.45) is -4.25. The number of ether oxygens (including phenoxy) is 2. The van der Waals surface area contributed by atoms with Crippen molar-refractivity contribution in [3.8, 4) is 11.5 Å². The van der Waals surface area contributed by atoms with Gasteiger partial charge in [-0.05, 0) is 42.0 Å². The lowest BCUT2D eigenvalue weighted by atomic mass is 9.99. The standard InChI is InChI=1S/C23H17F3N2O4/c24-23(25,26)20-11-15(7-9-28-20)21(13-1-3-14(4-2-13)22(27)30)32-16-5-6-17-18(29)8-10-31-19(17)12-16/h1-7,9,11-12,21H,8,10H2,(H2,27,30)/t21-/m1/s1. The number of rotatable bonds is 5. The number of hydrogen-bond acceptors (Lipinski definition) is 5. The summed E-state index contributed by atoms with van der Waals surface area (Å²) < 4.78 is 51.2. The molecule has 1 aliphatic heterocycles. The highest BCUT2D eigenvalue weighted by atomic mass is 19.4. The minimum absolute atomic E-state index is 0.0552. The molecule has 4 rings (SSSR count). The number of carbonyl (C=O) groups is 2. The van der Waals surface area contributed by atoms with E-state index in [0.29, 0.717) is 22.6 Å². The second-order valence-corrected chi connectivity index (χ2v) is 7.14. The van der Waals surface area contributed by atoms with Gasteiger partial charge in [-0.3, -0.25) is 14.6 Å². The Bertz CT molecular complexity index is 1180. The number of halogens is 3. The van der Waals surface area contributed by atoms with E-state index in [2.05, 4.69) is 4.98 Å². The van der Waals surface area contributed by atoms with E-state index in [9.17, 15) is 22.8 Å². The van der Waals surface area contributed by atoms with Gasteiger partial charge in [-0.1, -0.05) is 12.1 Å². The van der Waals surface area contributed by atoms with Gasteiger partial charge in [-0.25, -0.2) is 0 Å². The van der Waals surface area contributed by atoms with Gasteiger partial charge in [0.2, 0.25) is 5.91 Å². The number of fused-ring (bicyclic) bond motifs is 1. The minimum Gasteiger partial charge on any atom is -0.492 e. The molecule has 1 aliphatic rings. The summed E-state index contributed by atoms with van der Waals surface area (Å²) in [5.74, 6) is -0.0331. The van der Waals surface area contributed by atoms with Crippen molar-refractivity contribution in [1.29, 1.82) is 0 Å². The molecule has 0 fully saturated rings. The maximum Gasteiger partial charge on any atom is 0.433 e. The number of aromatic nitrogens is 1. The lowest BCUT2D eigenvalue weighted by molar-refractivity contribution is -0.141. The van der Waals surface area contributed by atoms with E-state index in [-0.39, 0.29) is 29.9 Å². The van der Waals surface area contributed by atoms with Crippen LogP contribution in [0.5, 0.6) is 11.5 Å². The maximum atomic E-state index is 13.2. The second-order valence-electron chi connectivity index (χ2n) is 7.14. The molecule has 6 nitrogen and oxygen atoms in total. The quantitative estimate of drug-likeness (QED) is 0.635. The molecule has 0 saturated carbocycles. The fourth-order valence-electron chi connectivity index (χ4n) is 3.37. The van der Waals surface area contributed by atoms with Gasteiger partial charge in [0.05, 0.1) is 12.2 Å². The molecule has 2 heterocycles. The van der Waals surface area contributed by atoms with Crippen molar-refractivity contribution in [1.82, 2.24) is 4.98 Å². The third kappa shape index (κ3) is 4.41. The highest BCUT2D eigenvalue weighted by molar-refractivity contribution is 5.99. The van der Waals surface area contributed by atoms with Crippen molar-refractivity contribution in [2.24, 2.45) is 5.73 Å². The van der Waals surface area contributed by atoms with E-state index in [1.807, 2.05) is 0 Å². The predicted octanol–water partition coefficient (Wildman–Crippen LogP) is 4.33. The third-order valence-corrected chi connectivity index (χ3v) is 4.97. The number of ketones is 1. The first-order valence-electron chi connectivity index (χ1n) is 9.62. The number of nitrogens with zero attached hydrogens (tertiary/aromatic N) is 1. The van der Waals surface area contributed by atoms with Crippen molar-refractivity contribution in [2.75, 3.05) is 6.61 Å². The van der Waals surface area contributed by atoms with E-state index in [0.717, 1.165) is 12.3 Å². The fourth-order valence-corrected chi connectivity index (χ4v) is 3.37. The number of carbonyl (C=O) groups excluding carboxylic acids is 2. The van der Waals surface area contributed by atoms with Crippen molar-refractivity contribution in [2.45, 2.75) is 18.7 Å². The zero-order valence-corrected chi connectivity index (χ0v) is 16.6. The average molecular weight is 442 g/mol. The lowest BCUT2D eigenvalue weighted by Crippen LogP contribution is -2.16. The minimum atomic E-state index is -4.63. The van der Waals surface area contributed by atoms with Crippen LogP contribution in [0.2, 0.25) is 0 Å². The van der Waals surface area contributed by atoms with Gasteiger partial charge in [0.25, 0.3) is 0 Å². The highest BCUT2D eigenvalue weighted by Crippen LogP contribution is 2.35. The number of benzene rings is 2. The Morgan fingerprint density at radius 3 is 2.50 bits per heavy atom. The molecule has 9 heteroatoms. The molecule has 32 heavy (non-hydrogen) atoms. The van der Waals surface area contributed by atoms with Crippen LogP contribution >= 0.6 is 0 Å². The number of alkyl halides is 3. The number of hydrogen-bond donors (Lipinski definition) is 1. The van der Waals surface area contributed by atoms with Crippen LogP contribution < -0.4 is 15.2 Å². The summed E-state index contributed by atoms with van der Waals surface area (Å²) in [4.78, 5) is 26.8. The fraction of sp³-hybridized carbons (Fsp3) is 0.174. The zero-order chi connectivity index (χ0) is 22.9. The normalized spacial score (nSPS) is 14.3. The molecular weight excluding hydrogens is 425 g/mol. The molecular formula is C23H17F3N2O4. The van der Waals surface area contributed by atoms with Gasteiger partial charge in [0.1, 0.15) is 23.3 Å². The molecule has 1 atom stereocenters. The van der Waals surface area contributed by atoms with Gasteiger partial charge in [0.15, 0.2) is 5.78 Å². The molecule has 164 valence electrons. The molecule has 0 spiro atoms. The summed E-state index contributed by atoms with van der Waals surface area (Å²) in [5, 5.41) is 0. The van der Waals surface area contributed by atoms with Crippen molar-refractivity contribution >= 4 is 11.7 Å². The Labute approximate surface area is 180 Å². The van der Waals surface area contributed by atoms with E-state index in [1.165, 1.54) is 24.3 Å². The summed E-state index contributed by atoms with van der Waals surface area (Å²) in [6.45, 7) is 0.243. The Balaban J connectivity index is 1.74. The van der Waals surface area contributed by atoms with Crippen LogP contribution in [0, 0.1) is 0 Å². The molecule has 3 aromatic rings. The van der Waals surface area contributed by atoms with Gasteiger partial charge in [-0.2, -0.15) is 13.2 Å². The Kier molecular flexibility index (Phi) is 5.56. The van der Waals surface area contributed by atoms with Crippen molar-refractivity contribution in [3.63, 3.8) is 0 Å². The largest absolute Gasteiger partial charge is 0.492 e. The molecule has 1 aromatic heterocycles. The second kappa shape index (κ2) is 8.33. The highest BCUT2D eigenvalue weighted by Gasteiger charge is 2.33. The molecule has 0 unspecified atom stereocenters. The molecule has 0 saturated heterocycles. The van der Waals surface area contributed by atoms with E-state index < -0.39 is 23.9 Å². The number of amides is 1. The molecule has 2 N–H and O–H groups in total. The van der Waals surface area contributed by atoms with Crippen LogP contribution in [0.3, 0.4) is 0 Å². The monoisotopic (exact) mass is 442 g/mol. The lowest BCUT2D eigenvalue weighted by Gasteiger charge is -2.23. The van der Waals surface area contributed by atoms with Crippen LogP contribution in [-0.4, -0.2) is 23.3 Å². The number of primary amides is 1. The first kappa shape index (κ1) is 21.4. The summed E-state index contributed by atoms with van der Waals surface area (Å²) in [5.41, 5.74) is 5.58.